The Labute approximate surface area is 137 Å². The first-order valence-corrected chi connectivity index (χ1v) is 7.90. The molecule has 0 saturated carbocycles. The summed E-state index contributed by atoms with van der Waals surface area (Å²) < 4.78 is 2.20. The number of hydrogen-bond donors (Lipinski definition) is 0. The van der Waals surface area contributed by atoms with Crippen LogP contribution in [-0.2, 0) is 12.8 Å². The van der Waals surface area contributed by atoms with E-state index >= 15 is 0 Å². The molecule has 0 unspecified atom stereocenters. The van der Waals surface area contributed by atoms with Crippen molar-refractivity contribution in [2.75, 3.05) is 0 Å². The fourth-order valence-corrected chi connectivity index (χ4v) is 3.09. The van der Waals surface area contributed by atoms with Crippen LogP contribution in [0.5, 0.6) is 0 Å². The van der Waals surface area contributed by atoms with E-state index in [0.29, 0.717) is 0 Å². The molecule has 3 rings (SSSR count). The Hall–Kier alpha value is -2.60. The van der Waals surface area contributed by atoms with Crippen LogP contribution in [0.1, 0.15) is 35.0 Å². The Morgan fingerprint density at radius 2 is 1.91 bits per heavy atom. The Morgan fingerprint density at radius 1 is 1.22 bits per heavy atom. The van der Waals surface area contributed by atoms with E-state index in [-0.39, 0.29) is 0 Å². The first kappa shape index (κ1) is 15.3. The zero-order chi connectivity index (χ0) is 16.6. The van der Waals surface area contributed by atoms with Gasteiger partial charge >= 0.3 is 0 Å². The Morgan fingerprint density at radius 3 is 2.48 bits per heavy atom. The lowest BCUT2D eigenvalue weighted by molar-refractivity contribution is 0.907. The van der Waals surface area contributed by atoms with Crippen molar-refractivity contribution in [2.24, 2.45) is 0 Å². The highest BCUT2D eigenvalue weighted by Gasteiger charge is 2.16. The molecule has 0 atom stereocenters. The van der Waals surface area contributed by atoms with Crippen molar-refractivity contribution in [2.45, 2.75) is 33.6 Å². The zero-order valence-electron chi connectivity index (χ0n) is 13.8. The van der Waals surface area contributed by atoms with Gasteiger partial charge in [-0.2, -0.15) is 5.26 Å². The van der Waals surface area contributed by atoms with Crippen molar-refractivity contribution in [3.8, 4) is 11.8 Å². The van der Waals surface area contributed by atoms with E-state index in [1.165, 1.54) is 5.56 Å². The van der Waals surface area contributed by atoms with E-state index in [2.05, 4.69) is 54.8 Å². The second-order valence-corrected chi connectivity index (χ2v) is 5.81. The summed E-state index contributed by atoms with van der Waals surface area (Å²) in [6.07, 6.45) is 1.63. The third-order valence-electron chi connectivity index (χ3n) is 4.37. The molecule has 0 amide bonds. The summed E-state index contributed by atoms with van der Waals surface area (Å²) in [5.41, 5.74) is 7.00. The van der Waals surface area contributed by atoms with Crippen LogP contribution >= 0.6 is 0 Å². The van der Waals surface area contributed by atoms with E-state index in [1.807, 2.05) is 13.8 Å². The highest BCUT2D eigenvalue weighted by Crippen LogP contribution is 2.28. The van der Waals surface area contributed by atoms with Gasteiger partial charge in [-0.15, -0.1) is 0 Å². The smallest absolute Gasteiger partial charge is 0.114 e. The number of imidazole rings is 1. The van der Waals surface area contributed by atoms with E-state index < -0.39 is 0 Å². The van der Waals surface area contributed by atoms with Crippen molar-refractivity contribution in [1.29, 1.82) is 5.26 Å². The first-order valence-electron chi connectivity index (χ1n) is 7.90. The van der Waals surface area contributed by atoms with Crippen LogP contribution in [-0.4, -0.2) is 9.55 Å². The summed E-state index contributed by atoms with van der Waals surface area (Å²) in [4.78, 5) is 4.80. The fraction of sp³-hybridized carbons (Fsp3) is 0.250. The summed E-state index contributed by atoms with van der Waals surface area (Å²) >= 11 is 0. The fourth-order valence-electron chi connectivity index (χ4n) is 3.09. The number of aryl methyl sites for hydroxylation is 3. The van der Waals surface area contributed by atoms with Crippen LogP contribution in [0.2, 0.25) is 0 Å². The molecule has 0 bridgehead atoms. The van der Waals surface area contributed by atoms with Gasteiger partial charge in [0.25, 0.3) is 0 Å². The molecule has 1 radical (unpaired) electrons. The summed E-state index contributed by atoms with van der Waals surface area (Å²) in [5.74, 6) is 1.01. The number of nitriles is 1. The lowest BCUT2D eigenvalue weighted by Crippen LogP contribution is -2.00. The van der Waals surface area contributed by atoms with Gasteiger partial charge in [-0.05, 0) is 62.1 Å². The average molecular weight is 302 g/mol. The predicted octanol–water partition coefficient (Wildman–Crippen LogP) is 4.45. The molecule has 0 spiro atoms. The van der Waals surface area contributed by atoms with Gasteiger partial charge in [0, 0.05) is 12.1 Å². The van der Waals surface area contributed by atoms with Gasteiger partial charge in [-0.1, -0.05) is 19.1 Å². The molecule has 0 aliphatic heterocycles. The largest absolute Gasteiger partial charge is 0.296 e. The lowest BCUT2D eigenvalue weighted by Gasteiger charge is -2.10. The molecule has 3 heteroatoms. The van der Waals surface area contributed by atoms with Gasteiger partial charge in [0.15, 0.2) is 0 Å². The molecular formula is C20H20N3. The van der Waals surface area contributed by atoms with Gasteiger partial charge in [0.1, 0.15) is 5.82 Å². The highest BCUT2D eigenvalue weighted by atomic mass is 15.1. The van der Waals surface area contributed by atoms with Crippen LogP contribution in [0.15, 0.2) is 30.3 Å². The molecule has 115 valence electrons. The molecule has 0 N–H and O–H groups in total. The number of hydrogen-bond acceptors (Lipinski definition) is 2. The minimum Gasteiger partial charge on any atom is -0.296 e. The maximum Gasteiger partial charge on any atom is 0.114 e. The first-order chi connectivity index (χ1) is 11.1. The molecule has 2 aromatic carbocycles. The molecule has 3 aromatic rings. The van der Waals surface area contributed by atoms with E-state index in [1.54, 1.807) is 0 Å². The summed E-state index contributed by atoms with van der Waals surface area (Å²) in [6.45, 7) is 10.00. The number of aromatic nitrogens is 2. The number of benzene rings is 2. The van der Waals surface area contributed by atoms with Gasteiger partial charge < -0.3 is 0 Å². The summed E-state index contributed by atoms with van der Waals surface area (Å²) in [7, 11) is 0. The monoisotopic (exact) mass is 302 g/mol. The van der Waals surface area contributed by atoms with Crippen molar-refractivity contribution in [3.05, 3.63) is 65.3 Å². The second-order valence-electron chi connectivity index (χ2n) is 5.81. The summed E-state index contributed by atoms with van der Waals surface area (Å²) in [5, 5.41) is 9.38. The maximum absolute atomic E-state index is 9.38. The van der Waals surface area contributed by atoms with Crippen LogP contribution in [0.4, 0.5) is 0 Å². The zero-order valence-corrected chi connectivity index (χ0v) is 13.8. The molecule has 3 nitrogen and oxygen atoms in total. The highest BCUT2D eigenvalue weighted by molar-refractivity contribution is 5.85. The Bertz CT molecular complexity index is 909. The molecule has 1 aromatic heterocycles. The van der Waals surface area contributed by atoms with Crippen LogP contribution < -0.4 is 0 Å². The molecule has 23 heavy (non-hydrogen) atoms. The van der Waals surface area contributed by atoms with Gasteiger partial charge in [0.2, 0.25) is 0 Å². The molecular weight excluding hydrogens is 282 g/mol. The van der Waals surface area contributed by atoms with Crippen LogP contribution in [0.3, 0.4) is 0 Å². The van der Waals surface area contributed by atoms with Crippen molar-refractivity contribution in [3.63, 3.8) is 0 Å². The molecule has 0 fully saturated rings. The van der Waals surface area contributed by atoms with E-state index in [9.17, 15) is 5.26 Å². The average Bonchev–Trinajstić information content (AvgIpc) is 2.94. The Kier molecular flexibility index (Phi) is 3.92. The van der Waals surface area contributed by atoms with E-state index in [4.69, 9.17) is 4.98 Å². The quantitative estimate of drug-likeness (QED) is 0.717. The van der Waals surface area contributed by atoms with Crippen molar-refractivity contribution in [1.82, 2.24) is 9.55 Å². The molecule has 0 aliphatic rings. The predicted molar refractivity (Wildman–Crippen MR) is 93.7 cm³/mol. The Balaban J connectivity index is 2.33. The second kappa shape index (κ2) is 5.89. The minimum atomic E-state index is 0.734. The molecule has 0 saturated heterocycles. The van der Waals surface area contributed by atoms with Gasteiger partial charge in [-0.25, -0.2) is 4.98 Å². The molecule has 0 aliphatic carbocycles. The van der Waals surface area contributed by atoms with E-state index in [0.717, 1.165) is 52.1 Å². The lowest BCUT2D eigenvalue weighted by atomic mass is 10.0. The maximum atomic E-state index is 9.38. The number of rotatable bonds is 3. The van der Waals surface area contributed by atoms with Crippen molar-refractivity contribution < 1.29 is 0 Å². The standard InChI is InChI=1S/C20H20N3/c1-5-15-7-9-16(10-8-15)23-18-11-13(3)17(12-21)14(4)20(18)22-19(23)6-2/h7-11H,1,5-6H2,2-4H3. The molecule has 1 heterocycles. The third-order valence-corrected chi connectivity index (χ3v) is 4.37. The topological polar surface area (TPSA) is 41.6 Å². The van der Waals surface area contributed by atoms with Gasteiger partial charge in [-0.3, -0.25) is 4.57 Å². The minimum absolute atomic E-state index is 0.734. The number of fused-ring (bicyclic) bond motifs is 1. The van der Waals surface area contributed by atoms with Gasteiger partial charge in [0.05, 0.1) is 22.7 Å². The SMILES string of the molecule is [CH2]Cc1ccc(-n2c(CC)nc3c(C)c(C#N)c(C)cc32)cc1. The number of nitrogens with zero attached hydrogens (tertiary/aromatic N) is 3. The normalized spacial score (nSPS) is 10.9. The summed E-state index contributed by atoms with van der Waals surface area (Å²) in [6, 6.07) is 12.8. The van der Waals surface area contributed by atoms with Crippen molar-refractivity contribution >= 4 is 11.0 Å². The third kappa shape index (κ3) is 2.41. The van der Waals surface area contributed by atoms with Crippen LogP contribution in [0, 0.1) is 32.1 Å². The van der Waals surface area contributed by atoms with Crippen LogP contribution in [0.25, 0.3) is 16.7 Å².